The van der Waals surface area contributed by atoms with Crippen molar-refractivity contribution in [2.24, 2.45) is 0 Å². The quantitative estimate of drug-likeness (QED) is 0.653. The highest BCUT2D eigenvalue weighted by Gasteiger charge is 2.15. The second-order valence-corrected chi connectivity index (χ2v) is 4.35. The fourth-order valence-corrected chi connectivity index (χ4v) is 2.29. The molecule has 4 nitrogen and oxygen atoms in total. The maximum absolute atomic E-state index is 4.61. The number of benzene rings is 1. The zero-order valence-electron chi connectivity index (χ0n) is 9.98. The minimum atomic E-state index is 0.845. The van der Waals surface area contributed by atoms with Crippen LogP contribution < -0.4 is 15.9 Å². The van der Waals surface area contributed by atoms with Gasteiger partial charge < -0.3 is 10.2 Å². The number of nitrogens with one attached hydrogen (secondary N) is 1. The molecule has 1 N–H and O–H groups in total. The number of piperazine rings is 1. The van der Waals surface area contributed by atoms with Gasteiger partial charge in [-0.3, -0.25) is 0 Å². The molecule has 1 saturated heterocycles. The highest BCUT2D eigenvalue weighted by molar-refractivity contribution is 6.29. The molecule has 2 aromatic rings. The lowest BCUT2D eigenvalue weighted by molar-refractivity contribution is 0.586. The van der Waals surface area contributed by atoms with Crippen LogP contribution in [0.1, 0.15) is 0 Å². The SMILES string of the molecule is Bc1nc(N2CCNCC2)c2ccccc2n1. The second kappa shape index (κ2) is 4.33. The van der Waals surface area contributed by atoms with Crippen LogP contribution in [0.4, 0.5) is 5.82 Å². The van der Waals surface area contributed by atoms with E-state index in [4.69, 9.17) is 0 Å². The van der Waals surface area contributed by atoms with E-state index < -0.39 is 0 Å². The molecular formula is C12H15BN4. The molecule has 0 saturated carbocycles. The van der Waals surface area contributed by atoms with Crippen molar-refractivity contribution in [3.63, 3.8) is 0 Å². The summed E-state index contributed by atoms with van der Waals surface area (Å²) in [6.45, 7) is 4.08. The smallest absolute Gasteiger partial charge is 0.189 e. The van der Waals surface area contributed by atoms with E-state index in [1.807, 2.05) is 20.0 Å². The average molecular weight is 226 g/mol. The van der Waals surface area contributed by atoms with Gasteiger partial charge in [-0.2, -0.15) is 0 Å². The Balaban J connectivity index is 2.13. The first-order valence-electron chi connectivity index (χ1n) is 6.03. The van der Waals surface area contributed by atoms with Crippen LogP contribution in [0.15, 0.2) is 24.3 Å². The Hall–Kier alpha value is -1.62. The van der Waals surface area contributed by atoms with Crippen LogP contribution in [0.5, 0.6) is 0 Å². The van der Waals surface area contributed by atoms with Crippen LogP contribution in [-0.2, 0) is 0 Å². The third kappa shape index (κ3) is 1.98. The molecule has 0 unspecified atom stereocenters. The third-order valence-corrected chi connectivity index (χ3v) is 3.11. The van der Waals surface area contributed by atoms with Crippen molar-refractivity contribution in [3.05, 3.63) is 24.3 Å². The fourth-order valence-electron chi connectivity index (χ4n) is 2.29. The summed E-state index contributed by atoms with van der Waals surface area (Å²) in [5, 5.41) is 4.51. The normalized spacial score (nSPS) is 16.4. The van der Waals surface area contributed by atoms with E-state index in [1.54, 1.807) is 0 Å². The summed E-state index contributed by atoms with van der Waals surface area (Å²) in [6.07, 6.45) is 0. The van der Waals surface area contributed by atoms with E-state index in [-0.39, 0.29) is 0 Å². The van der Waals surface area contributed by atoms with E-state index in [2.05, 4.69) is 32.3 Å². The number of hydrogen-bond acceptors (Lipinski definition) is 4. The van der Waals surface area contributed by atoms with Crippen LogP contribution in [0.3, 0.4) is 0 Å². The Morgan fingerprint density at radius 3 is 2.71 bits per heavy atom. The first kappa shape index (κ1) is 10.5. The summed E-state index contributed by atoms with van der Waals surface area (Å²) in [6, 6.07) is 8.23. The highest BCUT2D eigenvalue weighted by atomic mass is 15.2. The topological polar surface area (TPSA) is 41.1 Å². The molecule has 17 heavy (non-hydrogen) atoms. The van der Waals surface area contributed by atoms with E-state index in [1.165, 1.54) is 0 Å². The first-order chi connectivity index (χ1) is 8.34. The Morgan fingerprint density at radius 1 is 1.12 bits per heavy atom. The highest BCUT2D eigenvalue weighted by Crippen LogP contribution is 2.21. The molecule has 0 bridgehead atoms. The molecule has 5 heteroatoms. The van der Waals surface area contributed by atoms with Gasteiger partial charge in [0.05, 0.1) is 11.2 Å². The van der Waals surface area contributed by atoms with E-state index in [9.17, 15) is 0 Å². The Bertz CT molecular complexity index is 537. The molecular weight excluding hydrogens is 211 g/mol. The fraction of sp³-hybridized carbons (Fsp3) is 0.333. The minimum Gasteiger partial charge on any atom is -0.353 e. The average Bonchev–Trinajstić information content (AvgIpc) is 2.39. The molecule has 1 aliphatic heterocycles. The van der Waals surface area contributed by atoms with Crippen molar-refractivity contribution in [1.29, 1.82) is 0 Å². The number of nitrogens with zero attached hydrogens (tertiary/aromatic N) is 3. The van der Waals surface area contributed by atoms with Gasteiger partial charge in [0.1, 0.15) is 5.82 Å². The predicted molar refractivity (Wildman–Crippen MR) is 72.8 cm³/mol. The third-order valence-electron chi connectivity index (χ3n) is 3.11. The van der Waals surface area contributed by atoms with Gasteiger partial charge in [-0.25, -0.2) is 9.97 Å². The largest absolute Gasteiger partial charge is 0.353 e. The Morgan fingerprint density at radius 2 is 1.88 bits per heavy atom. The number of fused-ring (bicyclic) bond motifs is 1. The van der Waals surface area contributed by atoms with Gasteiger partial charge in [0.25, 0.3) is 0 Å². The standard InChI is InChI=1S/C12H15BN4/c13-12-15-10-4-2-1-3-9(10)11(16-12)17-7-5-14-6-8-17/h1-4,14H,5-8,13H2. The van der Waals surface area contributed by atoms with Crippen molar-refractivity contribution in [2.45, 2.75) is 0 Å². The second-order valence-electron chi connectivity index (χ2n) is 4.35. The lowest BCUT2D eigenvalue weighted by Gasteiger charge is -2.29. The van der Waals surface area contributed by atoms with E-state index >= 15 is 0 Å². The molecule has 1 aromatic heterocycles. The lowest BCUT2D eigenvalue weighted by atomic mass is 10.1. The molecule has 0 spiro atoms. The Labute approximate surface area is 101 Å². The van der Waals surface area contributed by atoms with Crippen molar-refractivity contribution in [1.82, 2.24) is 15.3 Å². The van der Waals surface area contributed by atoms with Crippen LogP contribution in [0.25, 0.3) is 10.9 Å². The van der Waals surface area contributed by atoms with Crippen molar-refractivity contribution < 1.29 is 0 Å². The lowest BCUT2D eigenvalue weighted by Crippen LogP contribution is -2.44. The van der Waals surface area contributed by atoms with Gasteiger partial charge in [0, 0.05) is 31.6 Å². The predicted octanol–water partition coefficient (Wildman–Crippen LogP) is -0.702. The summed E-state index contributed by atoms with van der Waals surface area (Å²) in [5.74, 6) is 1.08. The summed E-state index contributed by atoms with van der Waals surface area (Å²) in [7, 11) is 1.96. The summed E-state index contributed by atoms with van der Waals surface area (Å²) in [5.41, 5.74) is 1.88. The van der Waals surface area contributed by atoms with Crippen LogP contribution in [0, 0.1) is 0 Å². The Kier molecular flexibility index (Phi) is 2.69. The molecule has 1 aromatic carbocycles. The number of para-hydroxylation sites is 1. The van der Waals surface area contributed by atoms with Gasteiger partial charge in [-0.15, -0.1) is 0 Å². The molecule has 3 rings (SSSR count). The summed E-state index contributed by atoms with van der Waals surface area (Å²) < 4.78 is 0. The minimum absolute atomic E-state index is 0.845. The molecule has 2 heterocycles. The van der Waals surface area contributed by atoms with Gasteiger partial charge in [0.15, 0.2) is 7.85 Å². The van der Waals surface area contributed by atoms with Gasteiger partial charge in [-0.05, 0) is 12.1 Å². The van der Waals surface area contributed by atoms with Crippen molar-refractivity contribution in [3.8, 4) is 0 Å². The molecule has 0 aliphatic carbocycles. The van der Waals surface area contributed by atoms with Crippen molar-refractivity contribution >= 4 is 30.3 Å². The molecule has 0 amide bonds. The van der Waals surface area contributed by atoms with Gasteiger partial charge in [0.2, 0.25) is 0 Å². The summed E-state index contributed by atoms with van der Waals surface area (Å²) in [4.78, 5) is 11.4. The number of rotatable bonds is 1. The number of anilines is 1. The summed E-state index contributed by atoms with van der Waals surface area (Å²) >= 11 is 0. The first-order valence-corrected chi connectivity index (χ1v) is 6.03. The van der Waals surface area contributed by atoms with E-state index in [0.717, 1.165) is 48.6 Å². The van der Waals surface area contributed by atoms with Crippen LogP contribution >= 0.6 is 0 Å². The van der Waals surface area contributed by atoms with Gasteiger partial charge >= 0.3 is 0 Å². The zero-order chi connectivity index (χ0) is 11.7. The molecule has 86 valence electrons. The zero-order valence-corrected chi connectivity index (χ0v) is 9.98. The molecule has 1 fully saturated rings. The monoisotopic (exact) mass is 226 g/mol. The van der Waals surface area contributed by atoms with Crippen LogP contribution in [-0.4, -0.2) is 44.0 Å². The maximum atomic E-state index is 4.61. The number of aromatic nitrogens is 2. The molecule has 0 radical (unpaired) electrons. The maximum Gasteiger partial charge on any atom is 0.189 e. The molecule has 0 atom stereocenters. The molecule has 1 aliphatic rings. The van der Waals surface area contributed by atoms with Gasteiger partial charge in [-0.1, -0.05) is 12.1 Å². The number of hydrogen-bond donors (Lipinski definition) is 1. The van der Waals surface area contributed by atoms with E-state index in [0.29, 0.717) is 0 Å². The van der Waals surface area contributed by atoms with Crippen LogP contribution in [0.2, 0.25) is 0 Å². The van der Waals surface area contributed by atoms with Crippen molar-refractivity contribution in [2.75, 3.05) is 31.1 Å².